The van der Waals surface area contributed by atoms with Crippen LogP contribution in [0, 0.1) is 0 Å². The summed E-state index contributed by atoms with van der Waals surface area (Å²) >= 11 is 0. The molecule has 0 bridgehead atoms. The lowest BCUT2D eigenvalue weighted by atomic mass is 9.99. The highest BCUT2D eigenvalue weighted by atomic mass is 16.1. The number of piperidine rings is 1. The Bertz CT molecular complexity index is 148. The Morgan fingerprint density at radius 1 is 1.64 bits per heavy atom. The Labute approximate surface area is 67.7 Å². The Morgan fingerprint density at radius 2 is 2.45 bits per heavy atom. The van der Waals surface area contributed by atoms with Crippen LogP contribution in [0.1, 0.15) is 25.7 Å². The lowest BCUT2D eigenvalue weighted by Gasteiger charge is -2.21. The topological polar surface area (TPSA) is 29.1 Å². The molecular weight excluding hydrogens is 138 g/mol. The van der Waals surface area contributed by atoms with E-state index in [-0.39, 0.29) is 6.04 Å². The van der Waals surface area contributed by atoms with E-state index < -0.39 is 0 Å². The summed E-state index contributed by atoms with van der Waals surface area (Å²) in [5.41, 5.74) is 0. The normalized spacial score (nSPS) is 24.5. The van der Waals surface area contributed by atoms with Crippen LogP contribution in [0.3, 0.4) is 0 Å². The molecule has 2 heteroatoms. The second-order valence-corrected chi connectivity index (χ2v) is 2.96. The van der Waals surface area contributed by atoms with Gasteiger partial charge in [-0.15, -0.1) is 6.58 Å². The molecule has 1 aliphatic rings. The van der Waals surface area contributed by atoms with Gasteiger partial charge in [0.2, 0.25) is 0 Å². The zero-order chi connectivity index (χ0) is 8.10. The molecule has 0 amide bonds. The number of allylic oxidation sites excluding steroid dienone is 1. The van der Waals surface area contributed by atoms with Gasteiger partial charge in [-0.05, 0) is 19.4 Å². The SMILES string of the molecule is C=CCC(=O)C1CCCCN1. The number of hydrogen-bond donors (Lipinski definition) is 1. The molecule has 0 aliphatic carbocycles. The molecule has 1 heterocycles. The molecular formula is C9H15NO. The van der Waals surface area contributed by atoms with Gasteiger partial charge in [-0.25, -0.2) is 0 Å². The standard InChI is InChI=1S/C9H15NO/c1-2-5-9(11)8-6-3-4-7-10-8/h2,8,10H,1,3-7H2. The Balaban J connectivity index is 2.32. The Morgan fingerprint density at radius 3 is 3.00 bits per heavy atom. The number of ketones is 1. The first-order chi connectivity index (χ1) is 5.34. The average molecular weight is 153 g/mol. The zero-order valence-corrected chi connectivity index (χ0v) is 6.81. The number of Topliss-reactive ketones (excluding diaryl/α,β-unsaturated/α-hetero) is 1. The number of hydrogen-bond acceptors (Lipinski definition) is 2. The van der Waals surface area contributed by atoms with Crippen LogP contribution in [-0.4, -0.2) is 18.4 Å². The summed E-state index contributed by atoms with van der Waals surface area (Å²) in [6.45, 7) is 4.54. The van der Waals surface area contributed by atoms with Crippen molar-refractivity contribution >= 4 is 5.78 Å². The molecule has 1 saturated heterocycles. The first kappa shape index (κ1) is 8.47. The fourth-order valence-electron chi connectivity index (χ4n) is 1.41. The Kier molecular flexibility index (Phi) is 3.30. The van der Waals surface area contributed by atoms with E-state index in [2.05, 4.69) is 11.9 Å². The summed E-state index contributed by atoms with van der Waals surface area (Å²) in [6, 6.07) is 0.113. The molecule has 1 fully saturated rings. The van der Waals surface area contributed by atoms with E-state index in [0.29, 0.717) is 12.2 Å². The smallest absolute Gasteiger partial charge is 0.153 e. The molecule has 0 aromatic carbocycles. The van der Waals surface area contributed by atoms with Gasteiger partial charge in [-0.1, -0.05) is 12.5 Å². The van der Waals surface area contributed by atoms with Crippen LogP contribution in [-0.2, 0) is 4.79 Å². The van der Waals surface area contributed by atoms with Gasteiger partial charge in [-0.2, -0.15) is 0 Å². The minimum atomic E-state index is 0.113. The summed E-state index contributed by atoms with van der Waals surface area (Å²) in [7, 11) is 0. The van der Waals surface area contributed by atoms with Crippen LogP contribution < -0.4 is 5.32 Å². The van der Waals surface area contributed by atoms with E-state index >= 15 is 0 Å². The lowest BCUT2D eigenvalue weighted by molar-refractivity contribution is -0.120. The number of nitrogens with one attached hydrogen (secondary N) is 1. The van der Waals surface area contributed by atoms with E-state index in [0.717, 1.165) is 13.0 Å². The monoisotopic (exact) mass is 153 g/mol. The van der Waals surface area contributed by atoms with Crippen molar-refractivity contribution < 1.29 is 4.79 Å². The highest BCUT2D eigenvalue weighted by Gasteiger charge is 2.18. The van der Waals surface area contributed by atoms with Crippen molar-refractivity contribution in [1.29, 1.82) is 0 Å². The molecule has 1 atom stereocenters. The van der Waals surface area contributed by atoms with Crippen LogP contribution in [0.5, 0.6) is 0 Å². The van der Waals surface area contributed by atoms with Crippen LogP contribution >= 0.6 is 0 Å². The third kappa shape index (κ3) is 2.46. The summed E-state index contributed by atoms with van der Waals surface area (Å²) in [4.78, 5) is 11.3. The highest BCUT2D eigenvalue weighted by Crippen LogP contribution is 2.08. The van der Waals surface area contributed by atoms with Gasteiger partial charge in [-0.3, -0.25) is 4.79 Å². The first-order valence-electron chi connectivity index (χ1n) is 4.21. The van der Waals surface area contributed by atoms with Gasteiger partial charge in [0.1, 0.15) is 0 Å². The van der Waals surface area contributed by atoms with Crippen LogP contribution in [0.4, 0.5) is 0 Å². The van der Waals surface area contributed by atoms with Crippen molar-refractivity contribution in [3.05, 3.63) is 12.7 Å². The number of carbonyl (C=O) groups is 1. The van der Waals surface area contributed by atoms with E-state index in [1.165, 1.54) is 12.8 Å². The first-order valence-corrected chi connectivity index (χ1v) is 4.21. The van der Waals surface area contributed by atoms with Gasteiger partial charge < -0.3 is 5.32 Å². The van der Waals surface area contributed by atoms with E-state index in [1.54, 1.807) is 6.08 Å². The molecule has 0 radical (unpaired) electrons. The predicted molar refractivity (Wildman–Crippen MR) is 45.5 cm³/mol. The predicted octanol–water partition coefficient (Wildman–Crippen LogP) is 1.27. The van der Waals surface area contributed by atoms with Gasteiger partial charge in [0.15, 0.2) is 5.78 Å². The Hall–Kier alpha value is -0.630. The van der Waals surface area contributed by atoms with E-state index in [4.69, 9.17) is 0 Å². The number of rotatable bonds is 3. The zero-order valence-electron chi connectivity index (χ0n) is 6.81. The molecule has 11 heavy (non-hydrogen) atoms. The molecule has 1 aliphatic heterocycles. The van der Waals surface area contributed by atoms with Crippen LogP contribution in [0.15, 0.2) is 12.7 Å². The summed E-state index contributed by atoms with van der Waals surface area (Å²) in [5, 5.41) is 3.21. The van der Waals surface area contributed by atoms with Crippen LogP contribution in [0.2, 0.25) is 0 Å². The molecule has 0 aromatic heterocycles. The van der Waals surface area contributed by atoms with Gasteiger partial charge in [0.05, 0.1) is 6.04 Å². The minimum absolute atomic E-state index is 0.113. The number of carbonyl (C=O) groups excluding carboxylic acids is 1. The third-order valence-electron chi connectivity index (χ3n) is 2.04. The van der Waals surface area contributed by atoms with E-state index in [1.807, 2.05) is 0 Å². The quantitative estimate of drug-likeness (QED) is 0.619. The van der Waals surface area contributed by atoms with Crippen molar-refractivity contribution in [2.45, 2.75) is 31.7 Å². The molecule has 1 unspecified atom stereocenters. The second kappa shape index (κ2) is 4.29. The largest absolute Gasteiger partial charge is 0.307 e. The van der Waals surface area contributed by atoms with Gasteiger partial charge >= 0.3 is 0 Å². The summed E-state index contributed by atoms with van der Waals surface area (Å²) in [6.07, 6.45) is 5.58. The molecule has 0 aromatic rings. The lowest BCUT2D eigenvalue weighted by Crippen LogP contribution is -2.40. The van der Waals surface area contributed by atoms with Crippen molar-refractivity contribution in [1.82, 2.24) is 5.32 Å². The van der Waals surface area contributed by atoms with Crippen molar-refractivity contribution in [2.75, 3.05) is 6.54 Å². The molecule has 0 saturated carbocycles. The maximum atomic E-state index is 11.3. The van der Waals surface area contributed by atoms with Gasteiger partial charge in [0, 0.05) is 6.42 Å². The molecule has 2 nitrogen and oxygen atoms in total. The highest BCUT2D eigenvalue weighted by molar-refractivity contribution is 5.85. The van der Waals surface area contributed by atoms with Crippen LogP contribution in [0.25, 0.3) is 0 Å². The molecule has 0 spiro atoms. The maximum absolute atomic E-state index is 11.3. The fraction of sp³-hybridized carbons (Fsp3) is 0.667. The fourth-order valence-corrected chi connectivity index (χ4v) is 1.41. The maximum Gasteiger partial charge on any atom is 0.153 e. The summed E-state index contributed by atoms with van der Waals surface area (Å²) < 4.78 is 0. The summed E-state index contributed by atoms with van der Waals surface area (Å²) in [5.74, 6) is 0.291. The second-order valence-electron chi connectivity index (χ2n) is 2.96. The van der Waals surface area contributed by atoms with Gasteiger partial charge in [0.25, 0.3) is 0 Å². The van der Waals surface area contributed by atoms with Crippen molar-refractivity contribution in [2.24, 2.45) is 0 Å². The molecule has 1 rings (SSSR count). The molecule has 1 N–H and O–H groups in total. The minimum Gasteiger partial charge on any atom is -0.307 e. The van der Waals surface area contributed by atoms with Crippen molar-refractivity contribution in [3.8, 4) is 0 Å². The third-order valence-corrected chi connectivity index (χ3v) is 2.04. The molecule has 62 valence electrons. The van der Waals surface area contributed by atoms with E-state index in [9.17, 15) is 4.79 Å². The van der Waals surface area contributed by atoms with Crippen molar-refractivity contribution in [3.63, 3.8) is 0 Å². The average Bonchev–Trinajstić information content (AvgIpc) is 2.07.